The molecular formula is C15H13F3N2O2. The molecule has 0 bridgehead atoms. The van der Waals surface area contributed by atoms with Crippen molar-refractivity contribution in [2.24, 2.45) is 0 Å². The van der Waals surface area contributed by atoms with Crippen LogP contribution in [0.15, 0.2) is 47.3 Å². The average molecular weight is 310 g/mol. The van der Waals surface area contributed by atoms with Crippen molar-refractivity contribution in [1.82, 2.24) is 10.3 Å². The van der Waals surface area contributed by atoms with Gasteiger partial charge in [-0.15, -0.1) is 0 Å². The fourth-order valence-corrected chi connectivity index (χ4v) is 1.92. The molecule has 116 valence electrons. The normalized spacial score (nSPS) is 12.7. The third-order valence-corrected chi connectivity index (χ3v) is 3.11. The number of carbonyl (C=O) groups is 1. The van der Waals surface area contributed by atoms with E-state index in [2.05, 4.69) is 5.32 Å². The van der Waals surface area contributed by atoms with Crippen LogP contribution in [0.1, 0.15) is 34.6 Å². The Morgan fingerprint density at radius 2 is 1.77 bits per heavy atom. The Labute approximate surface area is 124 Å². The minimum absolute atomic E-state index is 0.365. The highest BCUT2D eigenvalue weighted by Crippen LogP contribution is 2.26. The van der Waals surface area contributed by atoms with Gasteiger partial charge in [0.2, 0.25) is 0 Å². The van der Waals surface area contributed by atoms with E-state index in [4.69, 9.17) is 0 Å². The van der Waals surface area contributed by atoms with Crippen LogP contribution in [0.25, 0.3) is 0 Å². The van der Waals surface area contributed by atoms with Gasteiger partial charge in [0, 0.05) is 0 Å². The predicted octanol–water partition coefficient (Wildman–Crippen LogP) is 2.88. The highest BCUT2D eigenvalue weighted by Gasteiger charge is 2.32. The number of benzene rings is 1. The Kier molecular flexibility index (Phi) is 4.35. The molecule has 0 fully saturated rings. The van der Waals surface area contributed by atoms with Gasteiger partial charge in [0.25, 0.3) is 11.5 Å². The third-order valence-electron chi connectivity index (χ3n) is 3.11. The first kappa shape index (κ1) is 15.8. The van der Waals surface area contributed by atoms with Gasteiger partial charge < -0.3 is 10.3 Å². The predicted molar refractivity (Wildman–Crippen MR) is 74.4 cm³/mol. The van der Waals surface area contributed by atoms with Gasteiger partial charge in [0.1, 0.15) is 11.3 Å². The van der Waals surface area contributed by atoms with E-state index in [0.717, 1.165) is 11.6 Å². The van der Waals surface area contributed by atoms with Gasteiger partial charge in [-0.2, -0.15) is 13.2 Å². The lowest BCUT2D eigenvalue weighted by Crippen LogP contribution is -2.32. The number of nitrogens with one attached hydrogen (secondary N) is 2. The van der Waals surface area contributed by atoms with Gasteiger partial charge >= 0.3 is 6.18 Å². The molecule has 0 aliphatic carbocycles. The second-order valence-corrected chi connectivity index (χ2v) is 4.72. The number of rotatable bonds is 3. The van der Waals surface area contributed by atoms with Gasteiger partial charge in [-0.3, -0.25) is 9.59 Å². The Morgan fingerprint density at radius 3 is 2.32 bits per heavy atom. The van der Waals surface area contributed by atoms with E-state index in [-0.39, 0.29) is 11.6 Å². The van der Waals surface area contributed by atoms with Crippen molar-refractivity contribution >= 4 is 5.91 Å². The number of carbonyl (C=O) groups excluding carboxylic acids is 1. The number of alkyl halides is 3. The molecule has 1 aromatic heterocycles. The fourth-order valence-electron chi connectivity index (χ4n) is 1.92. The fraction of sp³-hybridized carbons (Fsp3) is 0.200. The topological polar surface area (TPSA) is 62.0 Å². The van der Waals surface area contributed by atoms with E-state index in [9.17, 15) is 22.8 Å². The van der Waals surface area contributed by atoms with Gasteiger partial charge in [-0.1, -0.05) is 30.3 Å². The number of halogens is 3. The number of hydrogen-bond acceptors (Lipinski definition) is 2. The summed E-state index contributed by atoms with van der Waals surface area (Å²) in [4.78, 5) is 25.3. The summed E-state index contributed by atoms with van der Waals surface area (Å²) in [6.45, 7) is 1.71. The second kappa shape index (κ2) is 6.05. The maximum Gasteiger partial charge on any atom is 0.431 e. The molecule has 7 heteroatoms. The van der Waals surface area contributed by atoms with Crippen LogP contribution < -0.4 is 10.9 Å². The van der Waals surface area contributed by atoms with Gasteiger partial charge in [0.05, 0.1) is 6.04 Å². The first-order valence-electron chi connectivity index (χ1n) is 6.45. The molecule has 4 nitrogen and oxygen atoms in total. The summed E-state index contributed by atoms with van der Waals surface area (Å²) in [5.74, 6) is -0.730. The van der Waals surface area contributed by atoms with Crippen molar-refractivity contribution < 1.29 is 18.0 Å². The second-order valence-electron chi connectivity index (χ2n) is 4.72. The minimum atomic E-state index is -4.66. The third kappa shape index (κ3) is 3.55. The molecule has 2 rings (SSSR count). The van der Waals surface area contributed by atoms with E-state index < -0.39 is 23.3 Å². The standard InChI is InChI=1S/C15H13F3N2O2/c1-9(10-5-3-2-4-6-10)19-13(21)11-7-8-12(15(16,17)18)20-14(11)22/h2-9H,1H3,(H,19,21)(H,20,22). The Hall–Kier alpha value is -2.57. The molecule has 1 unspecified atom stereocenters. The summed E-state index contributed by atoms with van der Waals surface area (Å²) < 4.78 is 37.4. The number of hydrogen-bond donors (Lipinski definition) is 2. The summed E-state index contributed by atoms with van der Waals surface area (Å²) >= 11 is 0. The summed E-state index contributed by atoms with van der Waals surface area (Å²) in [7, 11) is 0. The van der Waals surface area contributed by atoms with Crippen LogP contribution in [0.5, 0.6) is 0 Å². The smallest absolute Gasteiger partial charge is 0.345 e. The molecule has 0 saturated heterocycles. The molecule has 1 amide bonds. The number of aromatic nitrogens is 1. The molecule has 22 heavy (non-hydrogen) atoms. The zero-order chi connectivity index (χ0) is 16.3. The van der Waals surface area contributed by atoms with E-state index in [0.29, 0.717) is 6.07 Å². The van der Waals surface area contributed by atoms with Crippen LogP contribution in [0.4, 0.5) is 13.2 Å². The van der Waals surface area contributed by atoms with Gasteiger partial charge in [-0.05, 0) is 24.6 Å². The number of amides is 1. The highest BCUT2D eigenvalue weighted by atomic mass is 19.4. The van der Waals surface area contributed by atoms with Crippen LogP contribution in [0, 0.1) is 0 Å². The van der Waals surface area contributed by atoms with E-state index in [1.807, 2.05) is 6.07 Å². The van der Waals surface area contributed by atoms with Crippen molar-refractivity contribution in [3.8, 4) is 0 Å². The molecule has 0 saturated carbocycles. The van der Waals surface area contributed by atoms with Crippen LogP contribution in [-0.4, -0.2) is 10.9 Å². The highest BCUT2D eigenvalue weighted by molar-refractivity contribution is 5.94. The molecular weight excluding hydrogens is 297 g/mol. The maximum absolute atomic E-state index is 12.5. The molecule has 1 heterocycles. The first-order chi connectivity index (χ1) is 10.3. The molecule has 2 aromatic rings. The molecule has 1 aromatic carbocycles. The van der Waals surface area contributed by atoms with Crippen molar-refractivity contribution in [3.05, 3.63) is 69.6 Å². The molecule has 0 spiro atoms. The zero-order valence-electron chi connectivity index (χ0n) is 11.6. The molecule has 1 atom stereocenters. The lowest BCUT2D eigenvalue weighted by Gasteiger charge is -2.14. The number of pyridine rings is 1. The SMILES string of the molecule is CC(NC(=O)c1ccc(C(F)(F)F)[nH]c1=O)c1ccccc1. The monoisotopic (exact) mass is 310 g/mol. The van der Waals surface area contributed by atoms with Crippen molar-refractivity contribution in [1.29, 1.82) is 0 Å². The Morgan fingerprint density at radius 1 is 1.14 bits per heavy atom. The van der Waals surface area contributed by atoms with Crippen LogP contribution >= 0.6 is 0 Å². The van der Waals surface area contributed by atoms with E-state index in [1.54, 1.807) is 36.2 Å². The quantitative estimate of drug-likeness (QED) is 0.915. The van der Waals surface area contributed by atoms with Crippen LogP contribution in [0.3, 0.4) is 0 Å². The maximum atomic E-state index is 12.5. The number of aromatic amines is 1. The van der Waals surface area contributed by atoms with Gasteiger partial charge in [-0.25, -0.2) is 0 Å². The van der Waals surface area contributed by atoms with Crippen molar-refractivity contribution in [2.75, 3.05) is 0 Å². The lowest BCUT2D eigenvalue weighted by molar-refractivity contribution is -0.141. The average Bonchev–Trinajstić information content (AvgIpc) is 2.46. The van der Waals surface area contributed by atoms with Crippen LogP contribution in [0.2, 0.25) is 0 Å². The summed E-state index contributed by atoms with van der Waals surface area (Å²) in [5.41, 5.74) is -1.81. The zero-order valence-corrected chi connectivity index (χ0v) is 11.6. The van der Waals surface area contributed by atoms with Crippen molar-refractivity contribution in [3.63, 3.8) is 0 Å². The van der Waals surface area contributed by atoms with Crippen molar-refractivity contribution in [2.45, 2.75) is 19.1 Å². The largest absolute Gasteiger partial charge is 0.431 e. The first-order valence-corrected chi connectivity index (χ1v) is 6.45. The summed E-state index contributed by atoms with van der Waals surface area (Å²) in [6, 6.07) is 10.2. The molecule has 2 N–H and O–H groups in total. The van der Waals surface area contributed by atoms with Crippen LogP contribution in [-0.2, 0) is 6.18 Å². The summed E-state index contributed by atoms with van der Waals surface area (Å²) in [5, 5.41) is 2.57. The van der Waals surface area contributed by atoms with Gasteiger partial charge in [0.15, 0.2) is 0 Å². The molecule has 0 aliphatic rings. The van der Waals surface area contributed by atoms with E-state index in [1.165, 1.54) is 0 Å². The number of H-pyrrole nitrogens is 1. The minimum Gasteiger partial charge on any atom is -0.345 e. The Balaban J connectivity index is 2.19. The molecule has 0 aliphatic heterocycles. The molecule has 0 radical (unpaired) electrons. The summed E-state index contributed by atoms with van der Waals surface area (Å²) in [6.07, 6.45) is -4.66. The lowest BCUT2D eigenvalue weighted by atomic mass is 10.1. The van der Waals surface area contributed by atoms with E-state index >= 15 is 0 Å². The Bertz CT molecular complexity index is 724.